The second-order valence-electron chi connectivity index (χ2n) is 30.4. The van der Waals surface area contributed by atoms with Crippen LogP contribution in [-0.4, -0.2) is 97.5 Å². The fraction of sp³-hybridized carbons (Fsp3) is 0.829. The van der Waals surface area contributed by atoms with Crippen LogP contribution in [0.2, 0.25) is 0 Å². The van der Waals surface area contributed by atoms with Crippen LogP contribution in [0.15, 0.2) is 52.5 Å². The second kappa shape index (κ2) is 44.5. The number of alkyl halides is 1. The van der Waals surface area contributed by atoms with Gasteiger partial charge in [0.25, 0.3) is 16.6 Å². The molecule has 0 N–H and O–H groups in total. The molecule has 6 fully saturated rings. The average Bonchev–Trinajstić information content (AvgIpc) is 1.42. The summed E-state index contributed by atoms with van der Waals surface area (Å²) in [5.74, 6) is 11.7. The first kappa shape index (κ1) is 89.0. The van der Waals surface area contributed by atoms with Gasteiger partial charge in [-0.2, -0.15) is 32.8 Å². The predicted octanol–water partition coefficient (Wildman–Crippen LogP) is 12.1. The van der Waals surface area contributed by atoms with Crippen molar-refractivity contribution in [3.05, 3.63) is 53.1 Å². The molecule has 94 heavy (non-hydrogen) atoms. The van der Waals surface area contributed by atoms with Crippen molar-refractivity contribution in [1.82, 2.24) is 0 Å². The molecular formula is C76H129FK2O12S3. The Morgan fingerprint density at radius 2 is 1.12 bits per heavy atom. The van der Waals surface area contributed by atoms with Gasteiger partial charge in [-0.25, -0.2) is 0 Å². The fourth-order valence-corrected chi connectivity index (χ4v) is 21.4. The Morgan fingerprint density at radius 1 is 0.681 bits per heavy atom. The Bertz CT molecular complexity index is 2560. The average molecular weight is 1430 g/mol. The van der Waals surface area contributed by atoms with Crippen LogP contribution >= 0.6 is 24.4 Å². The van der Waals surface area contributed by atoms with E-state index in [4.69, 9.17) is 29.8 Å². The van der Waals surface area contributed by atoms with Crippen LogP contribution in [-0.2, 0) is 52.5 Å². The Kier molecular flexibility index (Phi) is 42.1. The molecule has 0 saturated heterocycles. The molecule has 0 radical (unpaired) electrons. The number of carbonyl (C=O) groups excluding carboxylic acids is 3. The van der Waals surface area contributed by atoms with Gasteiger partial charge in [0.15, 0.2) is 0 Å². The molecule has 18 heteroatoms. The van der Waals surface area contributed by atoms with E-state index in [1.54, 1.807) is 47.2 Å². The van der Waals surface area contributed by atoms with Crippen LogP contribution in [0.3, 0.4) is 0 Å². The fourth-order valence-electron chi connectivity index (χ4n) is 19.5. The summed E-state index contributed by atoms with van der Waals surface area (Å²) < 4.78 is 67.2. The first-order valence-corrected chi connectivity index (χ1v) is 38.4. The molecule has 0 aromatic heterocycles. The summed E-state index contributed by atoms with van der Waals surface area (Å²) in [6.45, 7) is 28.5. The maximum Gasteiger partial charge on any atom is 1.00 e. The van der Waals surface area contributed by atoms with Crippen LogP contribution < -0.4 is 108 Å². The van der Waals surface area contributed by atoms with Gasteiger partial charge in [-0.3, -0.25) is 23.0 Å². The van der Waals surface area contributed by atoms with Gasteiger partial charge in [0.1, 0.15) is 0 Å². The minimum absolute atomic E-state index is 0. The van der Waals surface area contributed by atoms with Crippen LogP contribution in [0.25, 0.3) is 0 Å². The van der Waals surface area contributed by atoms with Crippen LogP contribution in [0.1, 0.15) is 239 Å². The van der Waals surface area contributed by atoms with E-state index in [0.717, 1.165) is 115 Å². The summed E-state index contributed by atoms with van der Waals surface area (Å²) in [4.78, 5) is 32.6. The number of aryl methyl sites for hydroxylation is 1. The number of methoxy groups -OCH3 is 2. The van der Waals surface area contributed by atoms with Gasteiger partial charge >= 0.3 is 115 Å². The molecule has 8 aliphatic carbocycles. The molecule has 0 heterocycles. The minimum atomic E-state index is -3.71. The van der Waals surface area contributed by atoms with Crippen molar-refractivity contribution in [1.29, 1.82) is 0 Å². The van der Waals surface area contributed by atoms with E-state index >= 15 is 0 Å². The Labute approximate surface area is 669 Å². The summed E-state index contributed by atoms with van der Waals surface area (Å²) in [5.41, 5.74) is 6.25. The van der Waals surface area contributed by atoms with Crippen molar-refractivity contribution in [3.63, 3.8) is 0 Å². The molecule has 0 bridgehead atoms. The third-order valence-corrected chi connectivity index (χ3v) is 26.9. The molecule has 1 aromatic carbocycles. The first-order valence-electron chi connectivity index (χ1n) is 36.0. The van der Waals surface area contributed by atoms with Gasteiger partial charge in [-0.1, -0.05) is 156 Å². The van der Waals surface area contributed by atoms with E-state index in [-0.39, 0.29) is 153 Å². The Balaban J connectivity index is 0.000000787. The largest absolute Gasteiger partial charge is 1.00 e. The number of thioether (sulfide) groups is 1. The van der Waals surface area contributed by atoms with Gasteiger partial charge in [0, 0.05) is 13.2 Å². The zero-order chi connectivity index (χ0) is 67.9. The maximum absolute atomic E-state index is 12.4. The topological polar surface area (TPSA) is 164 Å². The number of fused-ring (bicyclic) bond motifs is 10. The van der Waals surface area contributed by atoms with Crippen molar-refractivity contribution in [2.45, 2.75) is 255 Å². The first-order chi connectivity index (χ1) is 43.8. The van der Waals surface area contributed by atoms with Gasteiger partial charge < -0.3 is 30.5 Å². The monoisotopic (exact) mass is 1430 g/mol. The number of benzene rings is 1. The molecule has 1 aromatic rings. The molecule has 0 aliphatic heterocycles. The van der Waals surface area contributed by atoms with Crippen molar-refractivity contribution < 1.29 is 166 Å². The molecule has 8 aliphatic rings. The van der Waals surface area contributed by atoms with Gasteiger partial charge in [0.2, 0.25) is 0 Å². The molecular weight excluding hydrogens is 1300 g/mol. The molecule has 0 amide bonds. The quantitative estimate of drug-likeness (QED) is 0.0107. The molecule has 6 unspecified atom stereocenters. The van der Waals surface area contributed by atoms with Crippen molar-refractivity contribution >= 4 is 52.9 Å². The van der Waals surface area contributed by atoms with Crippen molar-refractivity contribution in [2.75, 3.05) is 58.5 Å². The van der Waals surface area contributed by atoms with Crippen molar-refractivity contribution in [3.8, 4) is 0 Å². The molecule has 16 atom stereocenters. The van der Waals surface area contributed by atoms with E-state index in [1.807, 2.05) is 6.92 Å². The van der Waals surface area contributed by atoms with E-state index in [2.05, 4.69) is 104 Å². The number of hydrogen-bond acceptors (Lipinski definition) is 14. The summed E-state index contributed by atoms with van der Waals surface area (Å²) >= 11 is 5.27. The second-order valence-corrected chi connectivity index (χ2v) is 33.4. The van der Waals surface area contributed by atoms with E-state index < -0.39 is 17.3 Å². The number of ether oxygens (including phenoxy) is 4. The zero-order valence-electron chi connectivity index (χ0n) is 62.6. The van der Waals surface area contributed by atoms with Crippen LogP contribution in [0, 0.1) is 99.6 Å². The summed E-state index contributed by atoms with van der Waals surface area (Å²) in [6, 6.07) is 6.81. The van der Waals surface area contributed by atoms with Gasteiger partial charge in [-0.05, 0) is 233 Å². The van der Waals surface area contributed by atoms with Crippen molar-refractivity contribution in [2.24, 2.45) is 92.7 Å². The number of thiol groups is 1. The SMILES string of the molecule is C.COC(=O)CS.COC(=O)CSCCCO[C@H]1CC[C@@]2(C)C(=CCC3C2CC[C@@]2(C)C3CC[C@@H]2[C@H](C)CCCC(C)C)C1.Cc1ccc(S(=O)(=O)OCCCO[C@H]2CC[C@@]3(C)C(=CCC4C3CC[C@@]3(C)C4CC[C@@H]3[C@H](C)CCCC(C)C)C2)cc1.O=CO[O-].[2H]CF.[H-].[K+].[K+]. The smallest absolute Gasteiger partial charge is 1.00 e. The van der Waals surface area contributed by atoms with Crippen LogP contribution in [0.5, 0.6) is 0 Å². The molecule has 0 spiro atoms. The van der Waals surface area contributed by atoms with Gasteiger partial charge in [0.05, 0.1) is 58.0 Å². The minimum Gasteiger partial charge on any atom is -1.00 e. The summed E-state index contributed by atoms with van der Waals surface area (Å²) in [6.07, 6.45) is 37.2. The molecule has 9 rings (SSSR count). The number of hydrogen-bond donors (Lipinski definition) is 1. The van der Waals surface area contributed by atoms with E-state index in [0.29, 0.717) is 46.5 Å². The maximum atomic E-state index is 12.4. The Hall–Kier alpha value is 0.803. The number of carbonyl (C=O) groups is 3. The summed E-state index contributed by atoms with van der Waals surface area (Å²) in [7, 11) is -1.92. The Morgan fingerprint density at radius 3 is 1.51 bits per heavy atom. The third kappa shape index (κ3) is 24.7. The predicted molar refractivity (Wildman–Crippen MR) is 376 cm³/mol. The number of rotatable bonds is 26. The molecule has 532 valence electrons. The number of esters is 2. The number of allylic oxidation sites excluding steroid dienone is 2. The van der Waals surface area contributed by atoms with Gasteiger partial charge in [-0.15, -0.1) is 0 Å². The zero-order valence-corrected chi connectivity index (χ0v) is 69.4. The third-order valence-electron chi connectivity index (χ3n) is 24.3. The summed E-state index contributed by atoms with van der Waals surface area (Å²) in [5, 5.41) is 8.43. The molecule has 12 nitrogen and oxygen atoms in total. The van der Waals surface area contributed by atoms with E-state index in [1.165, 1.54) is 136 Å². The normalized spacial score (nSPS) is 31.6. The standard InChI is InChI=1S/C37H58O4S.C33H56O3S.C3H6O2S.CH3F.CH2O3.CH4.2K.H/c1-26(2)9-7-10-28(4)33-17-18-34-32-16-13-29-25-30(19-21-36(29,5)35(32)20-22-37(33,34)6)40-23-8-24-41-42(38,39)31-14-11-27(3)12-15-31;1-23(2)9-7-10-24(3)28-13-14-29-27-12-11-25-21-26(36-19-8-20-37-22-31(34)35-6)15-17-32(25,4)30(27)16-18-33(28,29)5;1-5-3(4)2-6;1-2;2-1-4-3;;;;/h11-15,26,28,30,32-35H,7-10,16-25H2,1-6H3;11,23-24,26-30H,7-10,12-22H2,1-6H3;6H,2H2,1H3;1H3;1,3H;1H4;;;/q;;;;;;2*+1;-1/p-1/t28-,30+,32?,33-,34?,35?,36+,37-;24-,26+,27?,28-,29?,30?,32+,33-;;;;;;;/m11......./s1/i;;;1D;;;;;. The van der Waals surface area contributed by atoms with Crippen LogP contribution in [0.4, 0.5) is 4.39 Å². The number of halogens is 1. The van der Waals surface area contributed by atoms with E-state index in [9.17, 15) is 22.4 Å². The molecule has 6 saturated carbocycles.